The molecule has 3 nitrogen and oxygen atoms in total. The Morgan fingerprint density at radius 3 is 3.50 bits per heavy atom. The van der Waals surface area contributed by atoms with Crippen molar-refractivity contribution in [2.45, 2.75) is 0 Å². The molecule has 0 aliphatic rings. The van der Waals surface area contributed by atoms with Gasteiger partial charge in [-0.1, -0.05) is 0 Å². The van der Waals surface area contributed by atoms with Gasteiger partial charge in [0, 0.05) is 17.3 Å². The summed E-state index contributed by atoms with van der Waals surface area (Å²) in [6, 6.07) is 0. The van der Waals surface area contributed by atoms with Crippen molar-refractivity contribution >= 4 is 6.29 Å². The number of nitrogens with zero attached hydrogens (tertiary/aromatic N) is 2. The summed E-state index contributed by atoms with van der Waals surface area (Å²) >= 11 is 0. The van der Waals surface area contributed by atoms with E-state index in [4.69, 9.17) is 5.48 Å². The van der Waals surface area contributed by atoms with E-state index in [-0.39, 0.29) is 11.7 Å². The minimum absolute atomic E-state index is 0.0221. The van der Waals surface area contributed by atoms with E-state index in [1.807, 2.05) is 0 Å². The fourth-order valence-corrected chi connectivity index (χ4v) is 0.357. The van der Waals surface area contributed by atoms with Crippen LogP contribution in [-0.2, 0) is 6.98 Å². The van der Waals surface area contributed by atoms with Gasteiger partial charge >= 0.3 is 0 Å². The maximum atomic E-state index is 10.2. The predicted octanol–water partition coefficient (Wildman–Crippen LogP) is 0.233. The smallest absolute Gasteiger partial charge is 0.153 e. The first-order valence-corrected chi connectivity index (χ1v) is 1.97. The Morgan fingerprint density at radius 2 is 3.12 bits per heavy atom. The van der Waals surface area contributed by atoms with Crippen molar-refractivity contribution in [1.82, 2.24) is 9.78 Å². The third-order valence-corrected chi connectivity index (χ3v) is 0.674. The molecule has 1 rings (SSSR count). The Balaban J connectivity index is 3.19. The third kappa shape index (κ3) is 0.753. The fraction of sp³-hybridized carbons (Fsp3) is 0.200. The molecule has 0 atom stereocenters. The van der Waals surface area contributed by atoms with Crippen molar-refractivity contribution < 1.29 is 10.3 Å². The summed E-state index contributed by atoms with van der Waals surface area (Å²) in [5, 5.41) is 3.39. The van der Waals surface area contributed by atoms with Crippen molar-refractivity contribution in [3.63, 3.8) is 0 Å². The molecule has 1 aromatic rings. The highest BCUT2D eigenvalue weighted by Crippen LogP contribution is 1.88. The van der Waals surface area contributed by atoms with Gasteiger partial charge in [-0.3, -0.25) is 9.48 Å². The fourth-order valence-electron chi connectivity index (χ4n) is 0.357. The summed E-state index contributed by atoms with van der Waals surface area (Å²) in [7, 11) is 0. The zero-order valence-electron chi connectivity index (χ0n) is 7.96. The highest BCUT2D eigenvalue weighted by molar-refractivity contribution is 5.73. The Labute approximate surface area is 52.5 Å². The number of hydrogen-bond donors (Lipinski definition) is 0. The highest BCUT2D eigenvalue weighted by atomic mass is 16.1. The molecule has 0 aromatic carbocycles. The third-order valence-electron chi connectivity index (χ3n) is 0.674. The monoisotopic (exact) mass is 114 g/mol. The summed E-state index contributed by atoms with van der Waals surface area (Å²) in [6.45, 7) is -2.49. The number of aldehydes is 1. The van der Waals surface area contributed by atoms with Gasteiger partial charge < -0.3 is 0 Å². The zero-order chi connectivity index (χ0) is 9.35. The maximum absolute atomic E-state index is 10.2. The summed E-state index contributed by atoms with van der Waals surface area (Å²) in [5.41, 5.74) is -0.0221. The van der Waals surface area contributed by atoms with Gasteiger partial charge in [0.25, 0.3) is 0 Å². The molecule has 1 heterocycles. The molecule has 0 aliphatic heterocycles. The number of aromatic nitrogens is 2. The topological polar surface area (TPSA) is 34.9 Å². The lowest BCUT2D eigenvalue weighted by molar-refractivity contribution is 0.112. The molecule has 1 aromatic heterocycles. The van der Waals surface area contributed by atoms with Gasteiger partial charge in [-0.25, -0.2) is 0 Å². The second-order valence-corrected chi connectivity index (χ2v) is 1.24. The van der Waals surface area contributed by atoms with E-state index in [9.17, 15) is 4.79 Å². The molecule has 0 saturated heterocycles. The predicted molar refractivity (Wildman–Crippen MR) is 28.6 cm³/mol. The van der Waals surface area contributed by atoms with Crippen molar-refractivity contribution in [3.05, 3.63) is 17.9 Å². The largest absolute Gasteiger partial charge is 0.298 e. The first kappa shape index (κ1) is 2.01. The molecule has 0 bridgehead atoms. The van der Waals surface area contributed by atoms with Crippen molar-refractivity contribution in [2.75, 3.05) is 0 Å². The SMILES string of the molecule is [2H]c1c(C=O)cnn1C([2H])([2H])[2H]. The first-order chi connectivity index (χ1) is 5.46. The van der Waals surface area contributed by atoms with Gasteiger partial charge in [-0.2, -0.15) is 5.10 Å². The molecule has 0 radical (unpaired) electrons. The quantitative estimate of drug-likeness (QED) is 0.490. The lowest BCUT2D eigenvalue weighted by Crippen LogP contribution is -1.84. The molecular weight excluding hydrogens is 104 g/mol. The number of aryl methyl sites for hydroxylation is 1. The highest BCUT2D eigenvalue weighted by Gasteiger charge is 1.88. The molecule has 0 N–H and O–H groups in total. The van der Waals surface area contributed by atoms with Crippen LogP contribution in [0, 0.1) is 0 Å². The minimum Gasteiger partial charge on any atom is -0.298 e. The number of carbonyl (C=O) groups is 1. The number of carbonyl (C=O) groups excluding carboxylic acids is 1. The van der Waals surface area contributed by atoms with Crippen LogP contribution in [0.4, 0.5) is 0 Å². The Bertz CT molecular complexity index is 303. The van der Waals surface area contributed by atoms with Crippen LogP contribution in [0.15, 0.2) is 12.4 Å². The number of rotatable bonds is 1. The molecule has 0 spiro atoms. The molecule has 0 aliphatic carbocycles. The van der Waals surface area contributed by atoms with Crippen molar-refractivity contribution in [3.8, 4) is 0 Å². The second kappa shape index (κ2) is 1.78. The van der Waals surface area contributed by atoms with Gasteiger partial charge in [-0.15, -0.1) is 0 Å². The Hall–Kier alpha value is -1.12. The van der Waals surface area contributed by atoms with Crippen LogP contribution in [0.25, 0.3) is 0 Å². The van der Waals surface area contributed by atoms with Gasteiger partial charge in [0.05, 0.1) is 13.1 Å². The standard InChI is InChI=1S/C5H6N2O/c1-7-3-5(4-8)2-6-7/h2-4H,1H3/i1D3,3D. The lowest BCUT2D eigenvalue weighted by Gasteiger charge is -1.78. The van der Waals surface area contributed by atoms with Crippen LogP contribution in [-0.4, -0.2) is 16.1 Å². The Kier molecular flexibility index (Phi) is 0.446. The van der Waals surface area contributed by atoms with Crippen LogP contribution >= 0.6 is 0 Å². The molecule has 0 unspecified atom stereocenters. The van der Waals surface area contributed by atoms with Crippen LogP contribution < -0.4 is 0 Å². The molecule has 0 saturated carbocycles. The van der Waals surface area contributed by atoms with Crippen LogP contribution in [0.5, 0.6) is 0 Å². The Morgan fingerprint density at radius 1 is 2.25 bits per heavy atom. The van der Waals surface area contributed by atoms with E-state index in [0.29, 0.717) is 11.0 Å². The average Bonchev–Trinajstić information content (AvgIpc) is 2.29. The van der Waals surface area contributed by atoms with Crippen molar-refractivity contribution in [2.24, 2.45) is 6.98 Å². The van der Waals surface area contributed by atoms with Crippen LogP contribution in [0.3, 0.4) is 0 Å². The average molecular weight is 114 g/mol. The van der Waals surface area contributed by atoms with Crippen LogP contribution in [0.2, 0.25) is 0 Å². The molecular formula is C5H6N2O. The lowest BCUT2D eigenvalue weighted by atomic mass is 10.4. The van der Waals surface area contributed by atoms with E-state index < -0.39 is 6.98 Å². The normalized spacial score (nSPS) is 18.0. The van der Waals surface area contributed by atoms with Gasteiger partial charge in [0.1, 0.15) is 0 Å². The van der Waals surface area contributed by atoms with E-state index >= 15 is 0 Å². The van der Waals surface area contributed by atoms with Gasteiger partial charge in [-0.05, 0) is 0 Å². The second-order valence-electron chi connectivity index (χ2n) is 1.24. The molecule has 8 heavy (non-hydrogen) atoms. The molecule has 0 fully saturated rings. The van der Waals surface area contributed by atoms with Gasteiger partial charge in [0.15, 0.2) is 6.29 Å². The van der Waals surface area contributed by atoms with E-state index in [1.54, 1.807) is 0 Å². The maximum Gasteiger partial charge on any atom is 0.153 e. The summed E-state index contributed by atoms with van der Waals surface area (Å²) in [6.07, 6.45) is 1.07. The summed E-state index contributed by atoms with van der Waals surface area (Å²) in [4.78, 5) is 10.2. The minimum atomic E-state index is -2.49. The number of hydrogen-bond acceptors (Lipinski definition) is 2. The van der Waals surface area contributed by atoms with Crippen LogP contribution in [0.1, 0.15) is 15.8 Å². The summed E-state index contributed by atoms with van der Waals surface area (Å²) in [5.74, 6) is 0. The van der Waals surface area contributed by atoms with E-state index in [0.717, 1.165) is 6.20 Å². The van der Waals surface area contributed by atoms with E-state index in [1.165, 1.54) is 0 Å². The molecule has 42 valence electrons. The zero-order valence-corrected chi connectivity index (χ0v) is 3.96. The first-order valence-electron chi connectivity index (χ1n) is 3.97. The molecule has 3 heteroatoms. The van der Waals surface area contributed by atoms with E-state index in [2.05, 4.69) is 5.10 Å². The molecule has 0 amide bonds. The van der Waals surface area contributed by atoms with Gasteiger partial charge in [0.2, 0.25) is 0 Å². The summed E-state index contributed by atoms with van der Waals surface area (Å²) < 4.78 is 28.4. The van der Waals surface area contributed by atoms with Crippen molar-refractivity contribution in [1.29, 1.82) is 0 Å².